The van der Waals surface area contributed by atoms with E-state index in [1.807, 2.05) is 0 Å². The number of ether oxygens (including phenoxy) is 1. The van der Waals surface area contributed by atoms with Crippen molar-refractivity contribution in [1.29, 1.82) is 0 Å². The first-order valence-corrected chi connectivity index (χ1v) is 5.98. The van der Waals surface area contributed by atoms with E-state index in [9.17, 15) is 0 Å². The number of rotatable bonds is 6. The van der Waals surface area contributed by atoms with E-state index in [-0.39, 0.29) is 0 Å². The zero-order valence-corrected chi connectivity index (χ0v) is 9.69. The molecule has 0 aliphatic heterocycles. The molecule has 1 rings (SSSR count). The lowest BCUT2D eigenvalue weighted by Gasteiger charge is -2.12. The normalized spacial score (nSPS) is 20.0. The number of hydrogen-bond acceptors (Lipinski definition) is 1. The van der Waals surface area contributed by atoms with Crippen LogP contribution in [-0.4, -0.2) is 18.0 Å². The highest BCUT2D eigenvalue weighted by Crippen LogP contribution is 2.50. The highest BCUT2D eigenvalue weighted by Gasteiger charge is 2.40. The van der Waals surface area contributed by atoms with Crippen LogP contribution in [0.15, 0.2) is 0 Å². The van der Waals surface area contributed by atoms with Crippen LogP contribution in [-0.2, 0) is 4.74 Å². The zero-order valence-electron chi connectivity index (χ0n) is 8.11. The smallest absolute Gasteiger partial charge is 0.0518 e. The number of hydrogen-bond donors (Lipinski definition) is 0. The van der Waals surface area contributed by atoms with E-state index in [0.29, 0.717) is 11.5 Å². The summed E-state index contributed by atoms with van der Waals surface area (Å²) in [6.07, 6.45) is 5.79. The molecule has 72 valence electrons. The molecule has 0 heterocycles. The minimum absolute atomic E-state index is 0.393. The zero-order chi connectivity index (χ0) is 9.03. The Morgan fingerprint density at radius 2 is 2.08 bits per heavy atom. The van der Waals surface area contributed by atoms with E-state index in [2.05, 4.69) is 29.8 Å². The maximum Gasteiger partial charge on any atom is 0.0518 e. The van der Waals surface area contributed by atoms with E-state index in [4.69, 9.17) is 4.74 Å². The third-order valence-corrected chi connectivity index (χ3v) is 3.73. The summed E-state index contributed by atoms with van der Waals surface area (Å²) >= 11 is 3.57. The fourth-order valence-corrected chi connectivity index (χ4v) is 2.23. The van der Waals surface area contributed by atoms with Crippen molar-refractivity contribution in [3.63, 3.8) is 0 Å². The molecule has 0 N–H and O–H groups in total. The molecule has 0 aromatic carbocycles. The Hall–Kier alpha value is 0.440. The van der Waals surface area contributed by atoms with E-state index >= 15 is 0 Å². The Labute approximate surface area is 84.0 Å². The predicted octanol–water partition coefficient (Wildman–Crippen LogP) is 3.37. The second-order valence-electron chi connectivity index (χ2n) is 4.16. The van der Waals surface area contributed by atoms with Crippen LogP contribution in [0.3, 0.4) is 0 Å². The Morgan fingerprint density at radius 1 is 1.42 bits per heavy atom. The summed E-state index contributed by atoms with van der Waals surface area (Å²) in [4.78, 5) is 0. The van der Waals surface area contributed by atoms with Crippen molar-refractivity contribution >= 4 is 15.9 Å². The third-order valence-electron chi connectivity index (χ3n) is 2.54. The van der Waals surface area contributed by atoms with Crippen molar-refractivity contribution in [2.75, 3.05) is 11.9 Å². The van der Waals surface area contributed by atoms with Gasteiger partial charge in [0.2, 0.25) is 0 Å². The molecular formula is C10H19BrO. The highest BCUT2D eigenvalue weighted by atomic mass is 79.9. The van der Waals surface area contributed by atoms with E-state index in [1.54, 1.807) is 0 Å². The minimum atomic E-state index is 0.393. The highest BCUT2D eigenvalue weighted by molar-refractivity contribution is 9.09. The molecule has 0 unspecified atom stereocenters. The van der Waals surface area contributed by atoms with Crippen LogP contribution in [0, 0.1) is 5.41 Å². The molecule has 0 amide bonds. The Bertz CT molecular complexity index is 130. The SMILES string of the molecule is CC(C)OCCCC1(CBr)CC1. The molecule has 0 aromatic rings. The van der Waals surface area contributed by atoms with Crippen LogP contribution < -0.4 is 0 Å². The number of alkyl halides is 1. The fourth-order valence-electron chi connectivity index (χ4n) is 1.39. The average Bonchev–Trinajstić information content (AvgIpc) is 2.79. The molecule has 0 aromatic heterocycles. The first-order chi connectivity index (χ1) is 5.68. The van der Waals surface area contributed by atoms with Gasteiger partial charge in [-0.25, -0.2) is 0 Å². The van der Waals surface area contributed by atoms with Crippen LogP contribution in [0.2, 0.25) is 0 Å². The van der Waals surface area contributed by atoms with Crippen LogP contribution in [0.25, 0.3) is 0 Å². The molecule has 1 aliphatic rings. The molecule has 1 saturated carbocycles. The molecule has 0 atom stereocenters. The van der Waals surface area contributed by atoms with Crippen molar-refractivity contribution in [3.8, 4) is 0 Å². The van der Waals surface area contributed by atoms with Gasteiger partial charge in [-0.1, -0.05) is 15.9 Å². The average molecular weight is 235 g/mol. The molecule has 2 heteroatoms. The summed E-state index contributed by atoms with van der Waals surface area (Å²) in [7, 11) is 0. The molecule has 1 aliphatic carbocycles. The lowest BCUT2D eigenvalue weighted by molar-refractivity contribution is 0.0734. The van der Waals surface area contributed by atoms with Gasteiger partial charge in [-0.05, 0) is 44.9 Å². The van der Waals surface area contributed by atoms with Gasteiger partial charge in [-0.2, -0.15) is 0 Å². The van der Waals surface area contributed by atoms with Gasteiger partial charge in [-0.3, -0.25) is 0 Å². The summed E-state index contributed by atoms with van der Waals surface area (Å²) in [5.74, 6) is 0. The summed E-state index contributed by atoms with van der Waals surface area (Å²) in [6.45, 7) is 5.13. The number of halogens is 1. The quantitative estimate of drug-likeness (QED) is 0.506. The molecule has 1 nitrogen and oxygen atoms in total. The van der Waals surface area contributed by atoms with Crippen molar-refractivity contribution in [3.05, 3.63) is 0 Å². The van der Waals surface area contributed by atoms with Crippen LogP contribution in [0.1, 0.15) is 39.5 Å². The largest absolute Gasteiger partial charge is 0.379 e. The Kier molecular flexibility index (Phi) is 4.04. The van der Waals surface area contributed by atoms with Gasteiger partial charge in [-0.15, -0.1) is 0 Å². The molecule has 0 radical (unpaired) electrons. The molecule has 0 saturated heterocycles. The topological polar surface area (TPSA) is 9.23 Å². The summed E-state index contributed by atoms with van der Waals surface area (Å²) < 4.78 is 5.49. The predicted molar refractivity (Wildman–Crippen MR) is 55.8 cm³/mol. The third kappa shape index (κ3) is 3.44. The summed E-state index contributed by atoms with van der Waals surface area (Å²) in [5, 5.41) is 1.18. The second-order valence-corrected chi connectivity index (χ2v) is 4.72. The van der Waals surface area contributed by atoms with Crippen LogP contribution in [0.5, 0.6) is 0 Å². The van der Waals surface area contributed by atoms with Gasteiger partial charge >= 0.3 is 0 Å². The minimum Gasteiger partial charge on any atom is -0.379 e. The van der Waals surface area contributed by atoms with Crippen molar-refractivity contribution < 1.29 is 4.74 Å². The monoisotopic (exact) mass is 234 g/mol. The molecule has 1 fully saturated rings. The maximum absolute atomic E-state index is 5.49. The summed E-state index contributed by atoms with van der Waals surface area (Å²) in [6, 6.07) is 0. The fraction of sp³-hybridized carbons (Fsp3) is 1.00. The molecule has 12 heavy (non-hydrogen) atoms. The molecule has 0 bridgehead atoms. The van der Waals surface area contributed by atoms with Crippen molar-refractivity contribution in [2.24, 2.45) is 5.41 Å². The van der Waals surface area contributed by atoms with Crippen molar-refractivity contribution in [2.45, 2.75) is 45.6 Å². The van der Waals surface area contributed by atoms with E-state index in [1.165, 1.54) is 31.0 Å². The lowest BCUT2D eigenvalue weighted by Crippen LogP contribution is -2.07. The van der Waals surface area contributed by atoms with Gasteiger partial charge in [0.25, 0.3) is 0 Å². The van der Waals surface area contributed by atoms with Gasteiger partial charge in [0.05, 0.1) is 6.10 Å². The van der Waals surface area contributed by atoms with E-state index < -0.39 is 0 Å². The molecular weight excluding hydrogens is 216 g/mol. The van der Waals surface area contributed by atoms with Crippen LogP contribution in [0.4, 0.5) is 0 Å². The standard InChI is InChI=1S/C10H19BrO/c1-9(2)12-7-3-4-10(8-11)5-6-10/h9H,3-8H2,1-2H3. The van der Waals surface area contributed by atoms with Gasteiger partial charge in [0.15, 0.2) is 0 Å². The second kappa shape index (κ2) is 4.61. The van der Waals surface area contributed by atoms with Gasteiger partial charge < -0.3 is 4.74 Å². The maximum atomic E-state index is 5.49. The van der Waals surface area contributed by atoms with Crippen LogP contribution >= 0.6 is 15.9 Å². The van der Waals surface area contributed by atoms with Gasteiger partial charge in [0.1, 0.15) is 0 Å². The Morgan fingerprint density at radius 3 is 2.50 bits per heavy atom. The van der Waals surface area contributed by atoms with E-state index in [0.717, 1.165) is 6.61 Å². The Balaban J connectivity index is 1.95. The van der Waals surface area contributed by atoms with Crippen molar-refractivity contribution in [1.82, 2.24) is 0 Å². The first kappa shape index (κ1) is 10.5. The molecule has 0 spiro atoms. The first-order valence-electron chi connectivity index (χ1n) is 4.86. The lowest BCUT2D eigenvalue weighted by atomic mass is 10.0. The van der Waals surface area contributed by atoms with Gasteiger partial charge in [0, 0.05) is 11.9 Å². The summed E-state index contributed by atoms with van der Waals surface area (Å²) in [5.41, 5.74) is 0.667.